The van der Waals surface area contributed by atoms with Crippen molar-refractivity contribution < 1.29 is 9.53 Å². The number of pyridine rings is 1. The number of aryl methyl sites for hydroxylation is 1. The summed E-state index contributed by atoms with van der Waals surface area (Å²) in [7, 11) is 0. The van der Waals surface area contributed by atoms with Gasteiger partial charge in [-0.3, -0.25) is 4.79 Å². The molecular formula is C18H26BrN3O2. The van der Waals surface area contributed by atoms with Crippen LogP contribution in [0.25, 0.3) is 0 Å². The summed E-state index contributed by atoms with van der Waals surface area (Å²) in [5.41, 5.74) is 1.19. The van der Waals surface area contributed by atoms with Crippen LogP contribution in [0.15, 0.2) is 16.7 Å². The molecule has 0 unspecified atom stereocenters. The van der Waals surface area contributed by atoms with Crippen molar-refractivity contribution in [3.05, 3.63) is 22.3 Å². The van der Waals surface area contributed by atoms with Crippen molar-refractivity contribution in [2.45, 2.75) is 45.1 Å². The van der Waals surface area contributed by atoms with Crippen LogP contribution in [0.2, 0.25) is 0 Å². The predicted octanol–water partition coefficient (Wildman–Crippen LogP) is 3.05. The third-order valence-electron chi connectivity index (χ3n) is 4.99. The minimum atomic E-state index is 0.207. The van der Waals surface area contributed by atoms with Crippen LogP contribution >= 0.6 is 15.9 Å². The van der Waals surface area contributed by atoms with Gasteiger partial charge in [0.25, 0.3) is 0 Å². The second-order valence-corrected chi connectivity index (χ2v) is 7.80. The fraction of sp³-hybridized carbons (Fsp3) is 0.667. The molecule has 1 N–H and O–H groups in total. The van der Waals surface area contributed by atoms with E-state index in [0.29, 0.717) is 18.4 Å². The number of halogens is 1. The van der Waals surface area contributed by atoms with E-state index >= 15 is 0 Å². The fourth-order valence-electron chi connectivity index (χ4n) is 3.60. The molecule has 2 fully saturated rings. The molecule has 0 atom stereocenters. The minimum absolute atomic E-state index is 0.207. The van der Waals surface area contributed by atoms with Gasteiger partial charge in [0.15, 0.2) is 0 Å². The van der Waals surface area contributed by atoms with Crippen molar-refractivity contribution >= 4 is 27.7 Å². The molecule has 1 amide bonds. The van der Waals surface area contributed by atoms with Gasteiger partial charge in [-0.25, -0.2) is 4.98 Å². The largest absolute Gasteiger partial charge is 0.381 e. The zero-order chi connectivity index (χ0) is 16.9. The molecule has 24 heavy (non-hydrogen) atoms. The Morgan fingerprint density at radius 3 is 2.71 bits per heavy atom. The number of anilines is 1. The van der Waals surface area contributed by atoms with Crippen molar-refractivity contribution in [3.63, 3.8) is 0 Å². The third-order valence-corrected chi connectivity index (χ3v) is 5.43. The highest BCUT2D eigenvalue weighted by Crippen LogP contribution is 2.27. The molecule has 2 saturated heterocycles. The number of amides is 1. The number of carbonyl (C=O) groups is 1. The van der Waals surface area contributed by atoms with Crippen molar-refractivity contribution in [2.24, 2.45) is 5.92 Å². The quantitative estimate of drug-likeness (QED) is 0.850. The lowest BCUT2D eigenvalue weighted by Gasteiger charge is -2.33. The van der Waals surface area contributed by atoms with E-state index in [0.717, 1.165) is 62.3 Å². The maximum Gasteiger partial charge on any atom is 0.220 e. The maximum atomic E-state index is 12.2. The second-order valence-electron chi connectivity index (χ2n) is 6.88. The van der Waals surface area contributed by atoms with Crippen LogP contribution in [-0.2, 0) is 9.53 Å². The molecular weight excluding hydrogens is 370 g/mol. The second kappa shape index (κ2) is 8.30. The minimum Gasteiger partial charge on any atom is -0.381 e. The number of nitrogens with zero attached hydrogens (tertiary/aromatic N) is 2. The van der Waals surface area contributed by atoms with Gasteiger partial charge in [0.2, 0.25) is 5.91 Å². The highest BCUT2D eigenvalue weighted by atomic mass is 79.9. The van der Waals surface area contributed by atoms with E-state index in [9.17, 15) is 4.79 Å². The first-order valence-electron chi connectivity index (χ1n) is 8.86. The van der Waals surface area contributed by atoms with E-state index in [1.54, 1.807) is 0 Å². The normalized spacial score (nSPS) is 20.2. The Morgan fingerprint density at radius 2 is 2.04 bits per heavy atom. The molecule has 0 saturated carbocycles. The van der Waals surface area contributed by atoms with Crippen LogP contribution in [0.1, 0.15) is 37.7 Å². The topological polar surface area (TPSA) is 54.5 Å². The number of hydrogen-bond donors (Lipinski definition) is 1. The van der Waals surface area contributed by atoms with Crippen molar-refractivity contribution in [3.8, 4) is 0 Å². The molecule has 3 heterocycles. The molecule has 1 aromatic rings. The summed E-state index contributed by atoms with van der Waals surface area (Å²) in [4.78, 5) is 19.1. The van der Waals surface area contributed by atoms with Crippen molar-refractivity contribution in [1.29, 1.82) is 0 Å². The average Bonchev–Trinajstić information content (AvgIpc) is 2.57. The smallest absolute Gasteiger partial charge is 0.220 e. The van der Waals surface area contributed by atoms with Crippen LogP contribution < -0.4 is 10.2 Å². The first-order valence-corrected chi connectivity index (χ1v) is 9.65. The van der Waals surface area contributed by atoms with E-state index in [4.69, 9.17) is 4.74 Å². The van der Waals surface area contributed by atoms with Crippen LogP contribution in [0.3, 0.4) is 0 Å². The van der Waals surface area contributed by atoms with Gasteiger partial charge < -0.3 is 15.0 Å². The van der Waals surface area contributed by atoms with E-state index in [1.165, 1.54) is 5.56 Å². The Labute approximate surface area is 152 Å². The van der Waals surface area contributed by atoms with Crippen molar-refractivity contribution in [2.75, 3.05) is 31.2 Å². The molecule has 6 heteroatoms. The first-order chi connectivity index (χ1) is 11.6. The molecule has 2 aliphatic rings. The molecule has 132 valence electrons. The van der Waals surface area contributed by atoms with Gasteiger partial charge >= 0.3 is 0 Å². The monoisotopic (exact) mass is 395 g/mol. The fourth-order valence-corrected chi connectivity index (χ4v) is 4.05. The molecule has 0 aromatic carbocycles. The van der Waals surface area contributed by atoms with Crippen LogP contribution in [0.4, 0.5) is 5.82 Å². The summed E-state index contributed by atoms with van der Waals surface area (Å²) in [6.07, 6.45) is 6.50. The lowest BCUT2D eigenvalue weighted by molar-refractivity contribution is -0.123. The number of hydrogen-bond acceptors (Lipinski definition) is 4. The highest BCUT2D eigenvalue weighted by molar-refractivity contribution is 9.10. The van der Waals surface area contributed by atoms with Gasteiger partial charge in [0.05, 0.1) is 0 Å². The summed E-state index contributed by atoms with van der Waals surface area (Å²) >= 11 is 3.46. The number of aromatic nitrogens is 1. The van der Waals surface area contributed by atoms with Crippen LogP contribution in [0, 0.1) is 12.8 Å². The van der Waals surface area contributed by atoms with E-state index in [2.05, 4.69) is 44.1 Å². The molecule has 0 spiro atoms. The summed E-state index contributed by atoms with van der Waals surface area (Å²) < 4.78 is 6.35. The zero-order valence-corrected chi connectivity index (χ0v) is 15.8. The van der Waals surface area contributed by atoms with Gasteiger partial charge in [0, 0.05) is 49.4 Å². The van der Waals surface area contributed by atoms with Gasteiger partial charge in [-0.05, 0) is 66.1 Å². The maximum absolute atomic E-state index is 12.2. The lowest BCUT2D eigenvalue weighted by Crippen LogP contribution is -2.41. The molecule has 0 bridgehead atoms. The van der Waals surface area contributed by atoms with Gasteiger partial charge in [0.1, 0.15) is 5.82 Å². The van der Waals surface area contributed by atoms with Gasteiger partial charge in [-0.15, -0.1) is 0 Å². The molecule has 2 aliphatic heterocycles. The number of rotatable bonds is 4. The molecule has 1 aromatic heterocycles. The lowest BCUT2D eigenvalue weighted by atomic mass is 9.92. The molecule has 0 aliphatic carbocycles. The SMILES string of the molecule is Cc1cc(Br)cnc1N1CCC(CC(=O)NC2CCOCC2)CC1. The van der Waals surface area contributed by atoms with Gasteiger partial charge in [-0.2, -0.15) is 0 Å². The highest BCUT2D eigenvalue weighted by Gasteiger charge is 2.24. The summed E-state index contributed by atoms with van der Waals surface area (Å²) in [6, 6.07) is 2.41. The summed E-state index contributed by atoms with van der Waals surface area (Å²) in [6.45, 7) is 5.58. The van der Waals surface area contributed by atoms with E-state index < -0.39 is 0 Å². The predicted molar refractivity (Wildman–Crippen MR) is 98.2 cm³/mol. The number of carbonyl (C=O) groups excluding carboxylic acids is 1. The Hall–Kier alpha value is -1.14. The number of ether oxygens (including phenoxy) is 1. The molecule has 5 nitrogen and oxygen atoms in total. The van der Waals surface area contributed by atoms with Crippen LogP contribution in [0.5, 0.6) is 0 Å². The standard InChI is InChI=1S/C18H26BrN3O2/c1-13-10-15(19)12-20-18(13)22-6-2-14(3-7-22)11-17(23)21-16-4-8-24-9-5-16/h10,12,14,16H,2-9,11H2,1H3,(H,21,23). The van der Waals surface area contributed by atoms with E-state index in [1.807, 2.05) is 6.20 Å². The third kappa shape index (κ3) is 4.70. The Bertz CT molecular complexity index is 567. The van der Waals surface area contributed by atoms with Crippen molar-refractivity contribution in [1.82, 2.24) is 10.3 Å². The summed E-state index contributed by atoms with van der Waals surface area (Å²) in [5.74, 6) is 1.76. The van der Waals surface area contributed by atoms with Crippen LogP contribution in [-0.4, -0.2) is 43.2 Å². The number of nitrogens with one attached hydrogen (secondary N) is 1. The van der Waals surface area contributed by atoms with E-state index in [-0.39, 0.29) is 5.91 Å². The first kappa shape index (κ1) is 17.7. The average molecular weight is 396 g/mol. The Balaban J connectivity index is 1.45. The number of piperidine rings is 1. The molecule has 3 rings (SSSR count). The van der Waals surface area contributed by atoms with Gasteiger partial charge in [-0.1, -0.05) is 0 Å². The Morgan fingerprint density at radius 1 is 1.33 bits per heavy atom. The Kier molecular flexibility index (Phi) is 6.11. The zero-order valence-electron chi connectivity index (χ0n) is 14.3. The summed E-state index contributed by atoms with van der Waals surface area (Å²) in [5, 5.41) is 3.17. The molecule has 0 radical (unpaired) electrons.